The van der Waals surface area contributed by atoms with Crippen LogP contribution >= 0.6 is 0 Å². The van der Waals surface area contributed by atoms with E-state index >= 15 is 0 Å². The van der Waals surface area contributed by atoms with Crippen LogP contribution in [0.2, 0.25) is 0 Å². The fourth-order valence-corrected chi connectivity index (χ4v) is 4.42. The molecule has 2 N–H and O–H groups in total. The van der Waals surface area contributed by atoms with Crippen molar-refractivity contribution in [2.75, 3.05) is 31.2 Å². The van der Waals surface area contributed by atoms with E-state index in [-0.39, 0.29) is 24.4 Å². The summed E-state index contributed by atoms with van der Waals surface area (Å²) in [6, 6.07) is 15.3. The molecule has 0 saturated carbocycles. The Kier molecular flexibility index (Phi) is 5.34. The minimum atomic E-state index is -0.263. The highest BCUT2D eigenvalue weighted by Gasteiger charge is 2.32. The first-order valence-electron chi connectivity index (χ1n) is 10.9. The van der Waals surface area contributed by atoms with Gasteiger partial charge in [0.15, 0.2) is 11.5 Å². The van der Waals surface area contributed by atoms with Gasteiger partial charge < -0.3 is 29.6 Å². The van der Waals surface area contributed by atoms with Gasteiger partial charge in [0.2, 0.25) is 5.91 Å². The summed E-state index contributed by atoms with van der Waals surface area (Å²) in [5.41, 5.74) is 3.06. The van der Waals surface area contributed by atoms with Gasteiger partial charge in [0, 0.05) is 49.0 Å². The van der Waals surface area contributed by atoms with Crippen LogP contribution in [0.5, 0.6) is 11.5 Å². The zero-order chi connectivity index (χ0) is 22.1. The third-order valence-corrected chi connectivity index (χ3v) is 5.94. The number of aryl methyl sites for hydroxylation is 1. The maximum atomic E-state index is 12.5. The molecule has 1 atom stereocenters. The molecule has 2 aliphatic rings. The van der Waals surface area contributed by atoms with Gasteiger partial charge in [0.05, 0.1) is 6.04 Å². The number of amides is 3. The number of benzene rings is 2. The molecule has 3 aromatic rings. The lowest BCUT2D eigenvalue weighted by Gasteiger charge is -2.22. The lowest BCUT2D eigenvalue weighted by atomic mass is 10.2. The van der Waals surface area contributed by atoms with Crippen LogP contribution in [0.3, 0.4) is 0 Å². The van der Waals surface area contributed by atoms with Crippen molar-refractivity contribution in [3.8, 4) is 11.5 Å². The van der Waals surface area contributed by atoms with E-state index in [1.165, 1.54) is 5.39 Å². The molecule has 5 rings (SSSR count). The third-order valence-electron chi connectivity index (χ3n) is 5.94. The topological polar surface area (TPSA) is 84.8 Å². The Hall–Kier alpha value is -3.68. The quantitative estimate of drug-likeness (QED) is 0.647. The predicted octanol–water partition coefficient (Wildman–Crippen LogP) is 2.83. The van der Waals surface area contributed by atoms with Crippen LogP contribution in [0.4, 0.5) is 10.5 Å². The van der Waals surface area contributed by atoms with Gasteiger partial charge in [0.25, 0.3) is 0 Å². The number of aromatic nitrogens is 1. The second-order valence-corrected chi connectivity index (χ2v) is 8.13. The van der Waals surface area contributed by atoms with Crippen molar-refractivity contribution in [1.29, 1.82) is 0 Å². The summed E-state index contributed by atoms with van der Waals surface area (Å²) in [5.74, 6) is 1.30. The third kappa shape index (κ3) is 3.95. The van der Waals surface area contributed by atoms with Crippen molar-refractivity contribution in [3.63, 3.8) is 0 Å². The van der Waals surface area contributed by atoms with E-state index in [9.17, 15) is 9.59 Å². The number of hydrogen-bond donors (Lipinski definition) is 2. The van der Waals surface area contributed by atoms with Crippen molar-refractivity contribution < 1.29 is 19.1 Å². The summed E-state index contributed by atoms with van der Waals surface area (Å²) in [6.07, 6.45) is 0.267. The number of fused-ring (bicyclic) bond motifs is 2. The summed E-state index contributed by atoms with van der Waals surface area (Å²) in [7, 11) is 0. The zero-order valence-corrected chi connectivity index (χ0v) is 18.0. The molecule has 166 valence electrons. The largest absolute Gasteiger partial charge is 0.486 e. The van der Waals surface area contributed by atoms with Gasteiger partial charge in [-0.05, 0) is 36.6 Å². The molecule has 2 aromatic carbocycles. The molecule has 0 bridgehead atoms. The van der Waals surface area contributed by atoms with E-state index in [2.05, 4.69) is 40.3 Å². The molecule has 3 heterocycles. The molecule has 1 unspecified atom stereocenters. The summed E-state index contributed by atoms with van der Waals surface area (Å²) >= 11 is 0. The second-order valence-electron chi connectivity index (χ2n) is 8.13. The normalized spacial score (nSPS) is 17.6. The van der Waals surface area contributed by atoms with Crippen molar-refractivity contribution >= 4 is 28.5 Å². The number of para-hydroxylation sites is 1. The van der Waals surface area contributed by atoms with Crippen molar-refractivity contribution in [1.82, 2.24) is 15.2 Å². The van der Waals surface area contributed by atoms with E-state index in [0.717, 1.165) is 16.9 Å². The van der Waals surface area contributed by atoms with E-state index in [0.29, 0.717) is 44.3 Å². The second kappa shape index (κ2) is 8.45. The molecule has 1 saturated heterocycles. The molecular formula is C24H26N4O4. The maximum Gasteiger partial charge on any atom is 0.315 e. The predicted molar refractivity (Wildman–Crippen MR) is 121 cm³/mol. The number of nitrogens with zero attached hydrogens (tertiary/aromatic N) is 2. The number of rotatable bonds is 5. The minimum absolute atomic E-state index is 0.0265. The first-order chi connectivity index (χ1) is 15.6. The van der Waals surface area contributed by atoms with Crippen LogP contribution in [0.15, 0.2) is 48.5 Å². The van der Waals surface area contributed by atoms with Gasteiger partial charge in [-0.1, -0.05) is 18.2 Å². The van der Waals surface area contributed by atoms with Gasteiger partial charge in [-0.3, -0.25) is 4.79 Å². The molecule has 8 heteroatoms. The number of urea groups is 1. The highest BCUT2D eigenvalue weighted by atomic mass is 16.6. The summed E-state index contributed by atoms with van der Waals surface area (Å²) in [6.45, 7) is 4.69. The highest BCUT2D eigenvalue weighted by molar-refractivity contribution is 5.97. The van der Waals surface area contributed by atoms with Gasteiger partial charge in [-0.2, -0.15) is 0 Å². The van der Waals surface area contributed by atoms with Crippen molar-refractivity contribution in [2.45, 2.75) is 25.9 Å². The maximum absolute atomic E-state index is 12.5. The van der Waals surface area contributed by atoms with Gasteiger partial charge in [0.1, 0.15) is 13.2 Å². The number of carbonyl (C=O) groups is 2. The van der Waals surface area contributed by atoms with Crippen molar-refractivity contribution in [3.05, 3.63) is 54.2 Å². The van der Waals surface area contributed by atoms with Crippen LogP contribution in [0.1, 0.15) is 12.1 Å². The van der Waals surface area contributed by atoms with E-state index in [1.807, 2.05) is 30.3 Å². The lowest BCUT2D eigenvalue weighted by Crippen LogP contribution is -2.44. The number of nitrogens with one attached hydrogen (secondary N) is 2. The number of anilines is 1. The van der Waals surface area contributed by atoms with Crippen LogP contribution < -0.4 is 25.0 Å². The number of ether oxygens (including phenoxy) is 2. The smallest absolute Gasteiger partial charge is 0.315 e. The monoisotopic (exact) mass is 434 g/mol. The Balaban J connectivity index is 1.15. The van der Waals surface area contributed by atoms with Gasteiger partial charge in [-0.15, -0.1) is 0 Å². The Morgan fingerprint density at radius 1 is 1.09 bits per heavy atom. The van der Waals surface area contributed by atoms with Gasteiger partial charge >= 0.3 is 6.03 Å². The molecule has 0 radical (unpaired) electrons. The first kappa shape index (κ1) is 20.2. The van der Waals surface area contributed by atoms with E-state index < -0.39 is 0 Å². The molecule has 1 fully saturated rings. The van der Waals surface area contributed by atoms with Crippen LogP contribution in [0.25, 0.3) is 10.9 Å². The minimum Gasteiger partial charge on any atom is -0.486 e. The lowest BCUT2D eigenvalue weighted by molar-refractivity contribution is -0.117. The fourth-order valence-electron chi connectivity index (χ4n) is 4.42. The van der Waals surface area contributed by atoms with E-state index in [1.54, 1.807) is 4.90 Å². The zero-order valence-electron chi connectivity index (χ0n) is 18.0. The molecule has 1 aromatic heterocycles. The Morgan fingerprint density at radius 3 is 2.78 bits per heavy atom. The first-order valence-corrected chi connectivity index (χ1v) is 10.9. The van der Waals surface area contributed by atoms with Crippen LogP contribution in [-0.2, 0) is 11.3 Å². The molecule has 0 aliphatic carbocycles. The molecule has 32 heavy (non-hydrogen) atoms. The summed E-state index contributed by atoms with van der Waals surface area (Å²) < 4.78 is 13.3. The molecular weight excluding hydrogens is 408 g/mol. The molecule has 8 nitrogen and oxygen atoms in total. The van der Waals surface area contributed by atoms with Gasteiger partial charge in [-0.25, -0.2) is 4.79 Å². The number of carbonyl (C=O) groups excluding carboxylic acids is 2. The summed E-state index contributed by atoms with van der Waals surface area (Å²) in [5, 5.41) is 7.03. The van der Waals surface area contributed by atoms with E-state index in [4.69, 9.17) is 9.47 Å². The van der Waals surface area contributed by atoms with Crippen molar-refractivity contribution in [2.24, 2.45) is 0 Å². The standard InChI is InChI=1S/C24H26N4O4/c1-16-12-17-4-2-3-5-20(17)27(16)9-8-25-24(30)26-18-13-23(29)28(15-18)19-6-7-21-22(14-19)32-11-10-31-21/h2-7,12,14,18H,8-11,13,15H2,1H3,(H2,25,26,30). The number of hydrogen-bond acceptors (Lipinski definition) is 4. The molecule has 2 aliphatic heterocycles. The molecule has 0 spiro atoms. The fraction of sp³-hybridized carbons (Fsp3) is 0.333. The Labute approximate surface area is 186 Å². The Bertz CT molecular complexity index is 1170. The SMILES string of the molecule is Cc1cc2ccccc2n1CCNC(=O)NC1CC(=O)N(c2ccc3c(c2)OCCO3)C1. The molecule has 3 amide bonds. The summed E-state index contributed by atoms with van der Waals surface area (Å²) in [4.78, 5) is 26.6. The van der Waals surface area contributed by atoms with Crippen LogP contribution in [0, 0.1) is 6.92 Å². The Morgan fingerprint density at radius 2 is 1.91 bits per heavy atom. The average Bonchev–Trinajstić information content (AvgIpc) is 3.32. The average molecular weight is 434 g/mol. The highest BCUT2D eigenvalue weighted by Crippen LogP contribution is 2.35. The van der Waals surface area contributed by atoms with Crippen LogP contribution in [-0.4, -0.2) is 48.9 Å².